The Balaban J connectivity index is 1.17. The fourth-order valence-electron chi connectivity index (χ4n) is 9.87. The van der Waals surface area contributed by atoms with Crippen molar-refractivity contribution >= 4 is 57.2 Å². The van der Waals surface area contributed by atoms with Crippen LogP contribution in [-0.2, 0) is 0 Å². The zero-order valence-corrected chi connectivity index (χ0v) is 34.6. The van der Waals surface area contributed by atoms with Crippen molar-refractivity contribution in [3.05, 3.63) is 249 Å². The van der Waals surface area contributed by atoms with Crippen molar-refractivity contribution in [2.24, 2.45) is 0 Å². The summed E-state index contributed by atoms with van der Waals surface area (Å²) in [5.74, 6) is 0. The van der Waals surface area contributed by atoms with E-state index in [-0.39, 0.29) is 6.71 Å². The van der Waals surface area contributed by atoms with E-state index in [1.54, 1.807) is 0 Å². The normalized spacial score (nSPS) is 12.3. The van der Waals surface area contributed by atoms with Gasteiger partial charge in [-0.1, -0.05) is 200 Å². The van der Waals surface area contributed by atoms with E-state index in [0.29, 0.717) is 0 Å². The summed E-state index contributed by atoms with van der Waals surface area (Å²) in [6.45, 7) is -0.0504. The molecule has 0 fully saturated rings. The average Bonchev–Trinajstić information content (AvgIpc) is 3.37. The summed E-state index contributed by atoms with van der Waals surface area (Å²) in [6.07, 6.45) is 0. The van der Waals surface area contributed by atoms with Crippen LogP contribution in [0.25, 0.3) is 55.6 Å². The lowest BCUT2D eigenvalue weighted by atomic mass is 9.33. The van der Waals surface area contributed by atoms with Gasteiger partial charge in [-0.25, -0.2) is 0 Å². The fourth-order valence-corrected chi connectivity index (χ4v) is 9.87. The van der Waals surface area contributed by atoms with Gasteiger partial charge in [0.2, 0.25) is 0 Å². The van der Waals surface area contributed by atoms with Crippen LogP contribution in [0.1, 0.15) is 0 Å². The predicted octanol–water partition coefficient (Wildman–Crippen LogP) is 14.1. The van der Waals surface area contributed by atoms with Crippen molar-refractivity contribution in [1.29, 1.82) is 0 Å². The molecule has 10 aromatic rings. The number of nitrogens with zero attached hydrogens (tertiary/aromatic N) is 2. The minimum Gasteiger partial charge on any atom is -0.311 e. The number of hydrogen-bond donors (Lipinski definition) is 0. The molecule has 63 heavy (non-hydrogen) atoms. The Morgan fingerprint density at radius 1 is 0.222 bits per heavy atom. The van der Waals surface area contributed by atoms with Crippen LogP contribution < -0.4 is 26.2 Å². The van der Waals surface area contributed by atoms with Gasteiger partial charge in [0.1, 0.15) is 0 Å². The van der Waals surface area contributed by atoms with Crippen LogP contribution in [0, 0.1) is 0 Å². The number of rotatable bonds is 7. The Bertz CT molecular complexity index is 3260. The number of anilines is 6. The van der Waals surface area contributed by atoms with Gasteiger partial charge in [-0.2, -0.15) is 0 Å². The number of benzene rings is 10. The van der Waals surface area contributed by atoms with Crippen molar-refractivity contribution in [2.75, 3.05) is 9.80 Å². The monoisotopic (exact) mass is 800 g/mol. The molecule has 0 atom stereocenters. The minimum atomic E-state index is -0.0504. The van der Waals surface area contributed by atoms with Crippen LogP contribution in [0.3, 0.4) is 0 Å². The van der Waals surface area contributed by atoms with Crippen molar-refractivity contribution in [1.82, 2.24) is 0 Å². The molecule has 0 bridgehead atoms. The van der Waals surface area contributed by atoms with Crippen LogP contribution in [0.4, 0.5) is 34.1 Å². The Labute approximate surface area is 369 Å². The van der Waals surface area contributed by atoms with Gasteiger partial charge in [0.25, 0.3) is 6.71 Å². The fraction of sp³-hybridized carbons (Fsp3) is 0. The number of fused-ring (bicyclic) bond motifs is 4. The standard InChI is InChI=1S/C60H41BN2/c1-6-17-42(18-7-1)47-29-33-52(34-30-47)62-56-35-31-49(44-21-10-3-11-22-44)38-54(56)61-55-39-50(45-23-12-4-13-24-45)32-36-57(55)63(53-28-16-27-48(37-53)43-19-8-2-9-20-43)59-41-51(40-58(62)60(59)61)46-25-14-5-15-26-46/h1-41H. The van der Waals surface area contributed by atoms with Crippen LogP contribution in [0.5, 0.6) is 0 Å². The first-order chi connectivity index (χ1) is 31.2. The van der Waals surface area contributed by atoms with Crippen LogP contribution in [0.15, 0.2) is 249 Å². The molecule has 2 aliphatic rings. The number of hydrogen-bond acceptors (Lipinski definition) is 2. The lowest BCUT2D eigenvalue weighted by Crippen LogP contribution is -2.61. The van der Waals surface area contributed by atoms with E-state index in [0.717, 1.165) is 11.4 Å². The largest absolute Gasteiger partial charge is 0.311 e. The molecule has 0 N–H and O–H groups in total. The summed E-state index contributed by atoms with van der Waals surface area (Å²) in [6, 6.07) is 91.2. The maximum Gasteiger partial charge on any atom is 0.252 e. The summed E-state index contributed by atoms with van der Waals surface area (Å²) < 4.78 is 0. The second-order valence-electron chi connectivity index (χ2n) is 16.5. The Morgan fingerprint density at radius 2 is 0.571 bits per heavy atom. The second kappa shape index (κ2) is 15.4. The van der Waals surface area contributed by atoms with Gasteiger partial charge in [0, 0.05) is 34.1 Å². The molecule has 2 aliphatic heterocycles. The molecule has 10 aromatic carbocycles. The first-order valence-electron chi connectivity index (χ1n) is 21.8. The zero-order valence-electron chi connectivity index (χ0n) is 34.6. The maximum absolute atomic E-state index is 2.53. The molecule has 0 aromatic heterocycles. The Hall–Kier alpha value is -8.14. The van der Waals surface area contributed by atoms with Gasteiger partial charge in [-0.3, -0.25) is 0 Å². The van der Waals surface area contributed by atoms with E-state index in [9.17, 15) is 0 Å². The highest BCUT2D eigenvalue weighted by Crippen LogP contribution is 2.47. The van der Waals surface area contributed by atoms with Gasteiger partial charge < -0.3 is 9.80 Å². The molecule has 0 aliphatic carbocycles. The summed E-state index contributed by atoms with van der Waals surface area (Å²) in [5.41, 5.74) is 22.8. The van der Waals surface area contributed by atoms with Crippen molar-refractivity contribution < 1.29 is 0 Å². The maximum atomic E-state index is 2.53. The Morgan fingerprint density at radius 3 is 1.03 bits per heavy atom. The molecule has 0 saturated heterocycles. The van der Waals surface area contributed by atoms with E-state index < -0.39 is 0 Å². The highest BCUT2D eigenvalue weighted by Gasteiger charge is 2.44. The highest BCUT2D eigenvalue weighted by molar-refractivity contribution is 7.00. The minimum absolute atomic E-state index is 0.0504. The first kappa shape index (κ1) is 36.7. The van der Waals surface area contributed by atoms with Crippen LogP contribution in [0.2, 0.25) is 0 Å². The lowest BCUT2D eigenvalue weighted by molar-refractivity contribution is 1.25. The van der Waals surface area contributed by atoms with Gasteiger partial charge in [-0.05, 0) is 121 Å². The molecule has 12 rings (SSSR count). The molecular formula is C60H41BN2. The van der Waals surface area contributed by atoms with Gasteiger partial charge in [0.15, 0.2) is 0 Å². The van der Waals surface area contributed by atoms with E-state index >= 15 is 0 Å². The summed E-state index contributed by atoms with van der Waals surface area (Å²) in [5, 5.41) is 0. The summed E-state index contributed by atoms with van der Waals surface area (Å²) >= 11 is 0. The van der Waals surface area contributed by atoms with Crippen LogP contribution >= 0.6 is 0 Å². The molecule has 0 amide bonds. The SMILES string of the molecule is c1ccc(-c2ccc(N3c4ccc(-c5ccccc5)cc4B4c5cc(-c6ccccc6)ccc5N(c5cccc(-c6ccccc6)c5)c5cc(-c6ccccc6)cc3c54)cc2)cc1. The molecule has 0 unspecified atom stereocenters. The molecule has 294 valence electrons. The molecule has 0 radical (unpaired) electrons. The summed E-state index contributed by atoms with van der Waals surface area (Å²) in [4.78, 5) is 5.05. The van der Waals surface area contributed by atoms with Gasteiger partial charge in [0.05, 0.1) is 0 Å². The molecule has 0 spiro atoms. The quantitative estimate of drug-likeness (QED) is 0.148. The van der Waals surface area contributed by atoms with Crippen molar-refractivity contribution in [2.45, 2.75) is 0 Å². The van der Waals surface area contributed by atoms with E-state index in [1.807, 2.05) is 0 Å². The molecule has 3 heteroatoms. The molecule has 0 saturated carbocycles. The van der Waals surface area contributed by atoms with Crippen LogP contribution in [-0.4, -0.2) is 6.71 Å². The topological polar surface area (TPSA) is 6.48 Å². The third-order valence-electron chi connectivity index (χ3n) is 12.8. The van der Waals surface area contributed by atoms with Crippen molar-refractivity contribution in [3.8, 4) is 55.6 Å². The lowest BCUT2D eigenvalue weighted by Gasteiger charge is -2.44. The van der Waals surface area contributed by atoms with E-state index in [4.69, 9.17) is 0 Å². The average molecular weight is 801 g/mol. The smallest absolute Gasteiger partial charge is 0.252 e. The second-order valence-corrected chi connectivity index (χ2v) is 16.5. The zero-order chi connectivity index (χ0) is 41.7. The molecular weight excluding hydrogens is 759 g/mol. The highest BCUT2D eigenvalue weighted by atomic mass is 15.2. The first-order valence-corrected chi connectivity index (χ1v) is 21.8. The third kappa shape index (κ3) is 6.45. The molecule has 2 heterocycles. The van der Waals surface area contributed by atoms with E-state index in [1.165, 1.54) is 94.8 Å². The predicted molar refractivity (Wildman–Crippen MR) is 268 cm³/mol. The Kier molecular flexibility index (Phi) is 8.97. The summed E-state index contributed by atoms with van der Waals surface area (Å²) in [7, 11) is 0. The van der Waals surface area contributed by atoms with Gasteiger partial charge >= 0.3 is 0 Å². The van der Waals surface area contributed by atoms with Crippen molar-refractivity contribution in [3.63, 3.8) is 0 Å². The third-order valence-corrected chi connectivity index (χ3v) is 12.8. The molecule has 2 nitrogen and oxygen atoms in total. The van der Waals surface area contributed by atoms with E-state index in [2.05, 4.69) is 259 Å². The van der Waals surface area contributed by atoms with Gasteiger partial charge in [-0.15, -0.1) is 0 Å².